The van der Waals surface area contributed by atoms with Gasteiger partial charge in [-0.3, -0.25) is 9.59 Å². The van der Waals surface area contributed by atoms with E-state index in [-0.39, 0.29) is 24.4 Å². The van der Waals surface area contributed by atoms with Crippen molar-refractivity contribution < 1.29 is 24.5 Å². The molecule has 152 valence electrons. The Bertz CT molecular complexity index is 630. The largest absolute Gasteiger partial charge is 0.483 e. The summed E-state index contributed by atoms with van der Waals surface area (Å²) in [7, 11) is 0. The van der Waals surface area contributed by atoms with Crippen LogP contribution in [-0.4, -0.2) is 83.2 Å². The number of rotatable bonds is 4. The SMILES string of the molecule is CCOCC(=O)N1CCC[C@@]2(C1)CN(c1nnc(N)s1)CC[C@@H]2O.O=CO. The lowest BCUT2D eigenvalue weighted by Crippen LogP contribution is -2.60. The minimum atomic E-state index is -0.415. The molecular weight excluding hydrogens is 374 g/mol. The molecule has 2 fully saturated rings. The molecule has 2 aliphatic heterocycles. The summed E-state index contributed by atoms with van der Waals surface area (Å²) in [5, 5.41) is 26.8. The number of ether oxygens (including phenoxy) is 1. The number of carbonyl (C=O) groups excluding carboxylic acids is 1. The summed E-state index contributed by atoms with van der Waals surface area (Å²) in [4.78, 5) is 24.6. The predicted octanol–water partition coefficient (Wildman–Crippen LogP) is 0.0374. The number of hydrogen-bond acceptors (Lipinski definition) is 9. The number of aliphatic hydroxyl groups excluding tert-OH is 1. The van der Waals surface area contributed by atoms with Crippen molar-refractivity contribution >= 4 is 34.0 Å². The van der Waals surface area contributed by atoms with Crippen LogP contribution in [0.15, 0.2) is 0 Å². The molecule has 0 aliphatic carbocycles. The second-order valence-electron chi connectivity index (χ2n) is 6.67. The van der Waals surface area contributed by atoms with E-state index in [0.29, 0.717) is 31.2 Å². The van der Waals surface area contributed by atoms with Crippen molar-refractivity contribution in [3.8, 4) is 0 Å². The highest BCUT2D eigenvalue weighted by Crippen LogP contribution is 2.40. The van der Waals surface area contributed by atoms with E-state index in [0.717, 1.165) is 31.1 Å². The first kappa shape index (κ1) is 21.3. The van der Waals surface area contributed by atoms with Crippen molar-refractivity contribution in [2.45, 2.75) is 32.3 Å². The maximum atomic E-state index is 12.3. The number of piperidine rings is 2. The first-order valence-electron chi connectivity index (χ1n) is 8.91. The van der Waals surface area contributed by atoms with Crippen molar-refractivity contribution in [2.24, 2.45) is 5.41 Å². The molecule has 11 heteroatoms. The monoisotopic (exact) mass is 401 g/mol. The Labute approximate surface area is 161 Å². The minimum Gasteiger partial charge on any atom is -0.483 e. The number of carboxylic acid groups (broad SMARTS) is 1. The third-order valence-electron chi connectivity index (χ3n) is 4.98. The molecule has 27 heavy (non-hydrogen) atoms. The Morgan fingerprint density at radius 2 is 2.19 bits per heavy atom. The van der Waals surface area contributed by atoms with Gasteiger partial charge >= 0.3 is 0 Å². The van der Waals surface area contributed by atoms with E-state index in [1.807, 2.05) is 11.8 Å². The number of aliphatic hydroxyl groups is 1. The van der Waals surface area contributed by atoms with Gasteiger partial charge in [-0.05, 0) is 26.2 Å². The zero-order valence-electron chi connectivity index (χ0n) is 15.4. The second-order valence-corrected chi connectivity index (χ2v) is 7.66. The third kappa shape index (κ3) is 5.27. The normalized spacial score (nSPS) is 25.0. The third-order valence-corrected chi connectivity index (χ3v) is 5.79. The van der Waals surface area contributed by atoms with Gasteiger partial charge in [0.2, 0.25) is 16.2 Å². The molecule has 10 nitrogen and oxygen atoms in total. The van der Waals surface area contributed by atoms with Gasteiger partial charge in [0.05, 0.1) is 6.10 Å². The molecule has 4 N–H and O–H groups in total. The summed E-state index contributed by atoms with van der Waals surface area (Å²) in [5.41, 5.74) is 5.37. The molecule has 1 spiro atoms. The van der Waals surface area contributed by atoms with Crippen molar-refractivity contribution in [3.63, 3.8) is 0 Å². The molecule has 2 saturated heterocycles. The fourth-order valence-electron chi connectivity index (χ4n) is 3.72. The van der Waals surface area contributed by atoms with Crippen molar-refractivity contribution in [3.05, 3.63) is 0 Å². The lowest BCUT2D eigenvalue weighted by atomic mass is 9.71. The van der Waals surface area contributed by atoms with E-state index in [2.05, 4.69) is 15.1 Å². The number of aromatic nitrogens is 2. The van der Waals surface area contributed by atoms with E-state index in [9.17, 15) is 9.90 Å². The summed E-state index contributed by atoms with van der Waals surface area (Å²) in [6, 6.07) is 0. The summed E-state index contributed by atoms with van der Waals surface area (Å²) in [6.07, 6.45) is 2.03. The van der Waals surface area contributed by atoms with Gasteiger partial charge in [0.15, 0.2) is 0 Å². The van der Waals surface area contributed by atoms with Gasteiger partial charge in [0.25, 0.3) is 6.47 Å². The van der Waals surface area contributed by atoms with Gasteiger partial charge in [-0.15, -0.1) is 10.2 Å². The maximum absolute atomic E-state index is 12.3. The number of hydrogen-bond donors (Lipinski definition) is 3. The number of nitrogens with two attached hydrogens (primary N) is 1. The smallest absolute Gasteiger partial charge is 0.290 e. The van der Waals surface area contributed by atoms with Gasteiger partial charge in [-0.25, -0.2) is 0 Å². The molecule has 2 atom stereocenters. The van der Waals surface area contributed by atoms with Crippen molar-refractivity contribution in [2.75, 3.05) is 50.0 Å². The van der Waals surface area contributed by atoms with E-state index >= 15 is 0 Å². The van der Waals surface area contributed by atoms with Crippen LogP contribution in [0, 0.1) is 5.41 Å². The molecule has 2 aliphatic rings. The summed E-state index contributed by atoms with van der Waals surface area (Å²) in [5.74, 6) is 0.000378. The Morgan fingerprint density at radius 3 is 2.81 bits per heavy atom. The van der Waals surface area contributed by atoms with Crippen molar-refractivity contribution in [1.82, 2.24) is 15.1 Å². The Hall–Kier alpha value is -1.98. The fraction of sp³-hybridized carbons (Fsp3) is 0.750. The van der Waals surface area contributed by atoms with Gasteiger partial charge in [0, 0.05) is 38.2 Å². The molecule has 3 rings (SSSR count). The summed E-state index contributed by atoms with van der Waals surface area (Å²) >= 11 is 1.36. The molecule has 0 saturated carbocycles. The second kappa shape index (κ2) is 9.81. The predicted molar refractivity (Wildman–Crippen MR) is 101 cm³/mol. The molecule has 0 unspecified atom stereocenters. The lowest BCUT2D eigenvalue weighted by Gasteiger charge is -2.50. The molecular formula is C16H27N5O5S. The molecule has 1 aromatic rings. The number of anilines is 2. The van der Waals surface area contributed by atoms with Crippen LogP contribution in [0.5, 0.6) is 0 Å². The van der Waals surface area contributed by atoms with Gasteiger partial charge < -0.3 is 30.5 Å². The van der Waals surface area contributed by atoms with E-state index < -0.39 is 6.10 Å². The van der Waals surface area contributed by atoms with Crippen LogP contribution in [0.3, 0.4) is 0 Å². The zero-order chi connectivity index (χ0) is 19.9. The minimum absolute atomic E-state index is 0.000378. The Balaban J connectivity index is 0.000000817. The molecule has 0 bridgehead atoms. The van der Waals surface area contributed by atoms with Crippen LogP contribution >= 0.6 is 11.3 Å². The van der Waals surface area contributed by atoms with Crippen LogP contribution in [0.1, 0.15) is 26.2 Å². The molecule has 0 radical (unpaired) electrons. The first-order chi connectivity index (χ1) is 13.0. The summed E-state index contributed by atoms with van der Waals surface area (Å²) < 4.78 is 5.25. The number of nitrogens with zero attached hydrogens (tertiary/aromatic N) is 4. The Kier molecular flexibility index (Phi) is 7.75. The summed E-state index contributed by atoms with van der Waals surface area (Å²) in [6.45, 7) is 4.95. The van der Waals surface area contributed by atoms with E-state index in [4.69, 9.17) is 20.4 Å². The maximum Gasteiger partial charge on any atom is 0.290 e. The number of likely N-dealkylation sites (tertiary alicyclic amines) is 1. The van der Waals surface area contributed by atoms with Gasteiger partial charge in [0.1, 0.15) is 6.61 Å². The van der Waals surface area contributed by atoms with Crippen LogP contribution in [0.2, 0.25) is 0 Å². The number of amides is 1. The highest BCUT2D eigenvalue weighted by Gasteiger charge is 2.46. The number of nitrogen functional groups attached to an aromatic ring is 1. The highest BCUT2D eigenvalue weighted by atomic mass is 32.1. The Morgan fingerprint density at radius 1 is 1.44 bits per heavy atom. The average molecular weight is 401 g/mol. The standard InChI is InChI=1S/C15H25N5O3S.CH2O2/c1-2-23-8-12(22)19-6-3-5-15(9-19)10-20(7-4-11(15)21)14-18-17-13(16)24-14;2-1-3/h11,21H,2-10H2,1H3,(H2,16,17);1H,(H,2,3)/t11-,15+;/m0./s1. The van der Waals surface area contributed by atoms with Crippen LogP contribution in [0.4, 0.5) is 10.3 Å². The lowest BCUT2D eigenvalue weighted by molar-refractivity contribution is -0.142. The molecule has 1 aromatic heterocycles. The topological polar surface area (TPSA) is 142 Å². The average Bonchev–Trinajstić information content (AvgIpc) is 3.09. The van der Waals surface area contributed by atoms with Crippen molar-refractivity contribution in [1.29, 1.82) is 0 Å². The van der Waals surface area contributed by atoms with Crippen LogP contribution in [0.25, 0.3) is 0 Å². The fourth-order valence-corrected chi connectivity index (χ4v) is 4.36. The van der Waals surface area contributed by atoms with Crippen LogP contribution < -0.4 is 10.6 Å². The molecule has 1 amide bonds. The van der Waals surface area contributed by atoms with Crippen LogP contribution in [-0.2, 0) is 14.3 Å². The first-order valence-corrected chi connectivity index (χ1v) is 9.72. The number of carbonyl (C=O) groups is 2. The van der Waals surface area contributed by atoms with Gasteiger partial charge in [-0.1, -0.05) is 11.3 Å². The molecule has 3 heterocycles. The van der Waals surface area contributed by atoms with Gasteiger partial charge in [-0.2, -0.15) is 0 Å². The molecule has 0 aromatic carbocycles. The highest BCUT2D eigenvalue weighted by molar-refractivity contribution is 7.18. The quantitative estimate of drug-likeness (QED) is 0.596. The van der Waals surface area contributed by atoms with E-state index in [1.165, 1.54) is 11.3 Å². The zero-order valence-corrected chi connectivity index (χ0v) is 16.2. The van der Waals surface area contributed by atoms with E-state index in [1.54, 1.807) is 0 Å².